The Bertz CT molecular complexity index is 859. The molecule has 0 radical (unpaired) electrons. The van der Waals surface area contributed by atoms with Crippen molar-refractivity contribution in [1.29, 1.82) is 0 Å². The van der Waals surface area contributed by atoms with Gasteiger partial charge >= 0.3 is 0 Å². The van der Waals surface area contributed by atoms with Crippen LogP contribution in [0.3, 0.4) is 0 Å². The second-order valence-corrected chi connectivity index (χ2v) is 6.95. The Balaban J connectivity index is 2.37. The van der Waals surface area contributed by atoms with Gasteiger partial charge in [-0.3, -0.25) is 0 Å². The van der Waals surface area contributed by atoms with E-state index in [-0.39, 0.29) is 5.54 Å². The smallest absolute Gasteiger partial charge is 0.164 e. The zero-order valence-electron chi connectivity index (χ0n) is 13.8. The molecule has 0 saturated carbocycles. The summed E-state index contributed by atoms with van der Waals surface area (Å²) in [5.41, 5.74) is 8.51. The summed E-state index contributed by atoms with van der Waals surface area (Å²) in [7, 11) is 0. The van der Waals surface area contributed by atoms with Gasteiger partial charge in [-0.1, -0.05) is 30.7 Å². The lowest BCUT2D eigenvalue weighted by atomic mass is 10.1. The van der Waals surface area contributed by atoms with Crippen molar-refractivity contribution >= 4 is 28.5 Å². The second-order valence-electron chi connectivity index (χ2n) is 6.52. The number of hydrogen-bond donors (Lipinski definition) is 1. The van der Waals surface area contributed by atoms with Crippen molar-refractivity contribution < 1.29 is 0 Å². The van der Waals surface area contributed by atoms with Gasteiger partial charge in [0.25, 0.3) is 0 Å². The molecule has 5 nitrogen and oxygen atoms in total. The normalized spacial score (nSPS) is 12.0. The maximum atomic E-state index is 6.23. The molecule has 0 aliphatic heterocycles. The third-order valence-electron chi connectivity index (χ3n) is 3.67. The van der Waals surface area contributed by atoms with Crippen LogP contribution in [0.2, 0.25) is 5.02 Å². The number of nitrogen functional groups attached to an aromatic ring is 1. The summed E-state index contributed by atoms with van der Waals surface area (Å²) in [6.45, 7) is 8.29. The average Bonchev–Trinajstić information content (AvgIpc) is 2.88. The predicted molar refractivity (Wildman–Crippen MR) is 94.6 cm³/mol. The summed E-state index contributed by atoms with van der Waals surface area (Å²) in [5, 5.41) is 6.26. The molecule has 0 spiro atoms. The molecule has 0 bridgehead atoms. The van der Waals surface area contributed by atoms with Crippen molar-refractivity contribution in [2.45, 2.75) is 39.7 Å². The van der Waals surface area contributed by atoms with Crippen molar-refractivity contribution in [2.75, 3.05) is 5.73 Å². The number of halogens is 1. The molecule has 1 aromatic carbocycles. The van der Waals surface area contributed by atoms with E-state index in [1.54, 1.807) is 0 Å². The van der Waals surface area contributed by atoms with Crippen molar-refractivity contribution in [3.8, 4) is 11.3 Å². The molecule has 23 heavy (non-hydrogen) atoms. The van der Waals surface area contributed by atoms with Crippen molar-refractivity contribution in [2.24, 2.45) is 0 Å². The first kappa shape index (κ1) is 15.7. The van der Waals surface area contributed by atoms with E-state index in [1.807, 2.05) is 35.9 Å². The third kappa shape index (κ3) is 2.77. The average molecular weight is 330 g/mol. The van der Waals surface area contributed by atoms with Gasteiger partial charge in [-0.05, 0) is 32.9 Å². The standard InChI is InChI=1S/C17H20ClN5/c1-5-12-20-15(19)13-14(10-6-8-11(18)9-7-10)22-23(16(13)21-12)17(2,3)4/h6-9H,5H2,1-4H3,(H2,19,20,21). The summed E-state index contributed by atoms with van der Waals surface area (Å²) in [4.78, 5) is 9.07. The summed E-state index contributed by atoms with van der Waals surface area (Å²) in [6.07, 6.45) is 0.728. The fourth-order valence-electron chi connectivity index (χ4n) is 2.53. The fraction of sp³-hybridized carbons (Fsp3) is 0.353. The highest BCUT2D eigenvalue weighted by Crippen LogP contribution is 2.33. The van der Waals surface area contributed by atoms with E-state index in [4.69, 9.17) is 22.4 Å². The van der Waals surface area contributed by atoms with E-state index < -0.39 is 0 Å². The molecule has 3 rings (SSSR count). The van der Waals surface area contributed by atoms with E-state index in [1.165, 1.54) is 0 Å². The molecule has 2 N–H and O–H groups in total. The number of hydrogen-bond acceptors (Lipinski definition) is 4. The summed E-state index contributed by atoms with van der Waals surface area (Å²) >= 11 is 5.99. The summed E-state index contributed by atoms with van der Waals surface area (Å²) in [6, 6.07) is 7.56. The number of fused-ring (bicyclic) bond motifs is 1. The maximum absolute atomic E-state index is 6.23. The molecule has 6 heteroatoms. The zero-order chi connectivity index (χ0) is 16.8. The Kier molecular flexibility index (Phi) is 3.76. The van der Waals surface area contributed by atoms with Gasteiger partial charge in [0, 0.05) is 17.0 Å². The molecule has 0 unspecified atom stereocenters. The number of benzene rings is 1. The number of aromatic nitrogens is 4. The highest BCUT2D eigenvalue weighted by atomic mass is 35.5. The minimum Gasteiger partial charge on any atom is -0.383 e. The number of aryl methyl sites for hydroxylation is 1. The number of nitrogens with two attached hydrogens (primary N) is 1. The van der Waals surface area contributed by atoms with Gasteiger partial charge in [-0.15, -0.1) is 0 Å². The Labute approximate surface area is 140 Å². The quantitative estimate of drug-likeness (QED) is 0.770. The van der Waals surface area contributed by atoms with Crippen LogP contribution in [0.4, 0.5) is 5.82 Å². The highest BCUT2D eigenvalue weighted by molar-refractivity contribution is 6.30. The molecule has 2 heterocycles. The van der Waals surface area contributed by atoms with Crippen LogP contribution in [0.5, 0.6) is 0 Å². The van der Waals surface area contributed by atoms with Crippen molar-refractivity contribution in [3.05, 3.63) is 35.1 Å². The van der Waals surface area contributed by atoms with E-state index in [0.717, 1.165) is 34.5 Å². The van der Waals surface area contributed by atoms with Crippen LogP contribution in [-0.4, -0.2) is 19.7 Å². The van der Waals surface area contributed by atoms with Crippen LogP contribution in [0.1, 0.15) is 33.5 Å². The fourth-order valence-corrected chi connectivity index (χ4v) is 2.65. The third-order valence-corrected chi connectivity index (χ3v) is 3.92. The number of anilines is 1. The zero-order valence-corrected chi connectivity index (χ0v) is 14.5. The van der Waals surface area contributed by atoms with Gasteiger partial charge in [-0.25, -0.2) is 14.6 Å². The molecule has 0 fully saturated rings. The topological polar surface area (TPSA) is 69.6 Å². The number of rotatable bonds is 2. The lowest BCUT2D eigenvalue weighted by Crippen LogP contribution is -2.23. The first-order valence-electron chi connectivity index (χ1n) is 7.62. The first-order chi connectivity index (χ1) is 10.8. The molecule has 0 aliphatic carbocycles. The molecule has 2 aromatic heterocycles. The minimum atomic E-state index is -0.214. The predicted octanol–water partition coefficient (Wildman–Crippen LogP) is 4.05. The SMILES string of the molecule is CCc1nc(N)c2c(-c3ccc(Cl)cc3)nn(C(C)(C)C)c2n1. The van der Waals surface area contributed by atoms with Crippen LogP contribution < -0.4 is 5.73 Å². The molecular formula is C17H20ClN5. The molecule has 0 saturated heterocycles. The molecular weight excluding hydrogens is 310 g/mol. The first-order valence-corrected chi connectivity index (χ1v) is 8.00. The molecule has 0 amide bonds. The second kappa shape index (κ2) is 5.49. The summed E-state index contributed by atoms with van der Waals surface area (Å²) in [5.74, 6) is 1.19. The minimum absolute atomic E-state index is 0.214. The summed E-state index contributed by atoms with van der Waals surface area (Å²) < 4.78 is 1.92. The number of nitrogens with zero attached hydrogens (tertiary/aromatic N) is 4. The van der Waals surface area contributed by atoms with Crippen LogP contribution in [0.15, 0.2) is 24.3 Å². The lowest BCUT2D eigenvalue weighted by Gasteiger charge is -2.19. The van der Waals surface area contributed by atoms with Gasteiger partial charge in [0.15, 0.2) is 5.65 Å². The van der Waals surface area contributed by atoms with Crippen LogP contribution in [0.25, 0.3) is 22.3 Å². The maximum Gasteiger partial charge on any atom is 0.164 e. The molecule has 0 aliphatic rings. The van der Waals surface area contributed by atoms with Gasteiger partial charge in [0.1, 0.15) is 17.3 Å². The van der Waals surface area contributed by atoms with Gasteiger partial charge in [0.05, 0.1) is 10.9 Å². The van der Waals surface area contributed by atoms with E-state index >= 15 is 0 Å². The molecule has 120 valence electrons. The van der Waals surface area contributed by atoms with Crippen molar-refractivity contribution in [3.63, 3.8) is 0 Å². The van der Waals surface area contributed by atoms with Gasteiger partial charge < -0.3 is 5.73 Å². The Morgan fingerprint density at radius 1 is 1.13 bits per heavy atom. The Morgan fingerprint density at radius 2 is 1.78 bits per heavy atom. The van der Waals surface area contributed by atoms with E-state index in [0.29, 0.717) is 10.8 Å². The van der Waals surface area contributed by atoms with E-state index in [9.17, 15) is 0 Å². The van der Waals surface area contributed by atoms with Crippen molar-refractivity contribution in [1.82, 2.24) is 19.7 Å². The van der Waals surface area contributed by atoms with E-state index in [2.05, 4.69) is 30.7 Å². The highest BCUT2D eigenvalue weighted by Gasteiger charge is 2.24. The lowest BCUT2D eigenvalue weighted by molar-refractivity contribution is 0.366. The van der Waals surface area contributed by atoms with Gasteiger partial charge in [-0.2, -0.15) is 5.10 Å². The Hall–Kier alpha value is -2.14. The Morgan fingerprint density at radius 3 is 2.35 bits per heavy atom. The van der Waals surface area contributed by atoms with Crippen LogP contribution >= 0.6 is 11.6 Å². The van der Waals surface area contributed by atoms with Crippen LogP contribution in [-0.2, 0) is 12.0 Å². The molecule has 0 atom stereocenters. The monoisotopic (exact) mass is 329 g/mol. The molecule has 3 aromatic rings. The van der Waals surface area contributed by atoms with Gasteiger partial charge in [0.2, 0.25) is 0 Å². The van der Waals surface area contributed by atoms with Crippen LogP contribution in [0, 0.1) is 0 Å². The largest absolute Gasteiger partial charge is 0.383 e.